The van der Waals surface area contributed by atoms with Gasteiger partial charge < -0.3 is 14.2 Å². The van der Waals surface area contributed by atoms with Gasteiger partial charge in [0.25, 0.3) is 5.56 Å². The van der Waals surface area contributed by atoms with E-state index in [0.717, 1.165) is 40.3 Å². The lowest BCUT2D eigenvalue weighted by atomic mass is 10.2. The molecule has 0 bridgehead atoms. The normalized spacial score (nSPS) is 11.8. The van der Waals surface area contributed by atoms with Crippen molar-refractivity contribution in [3.8, 4) is 17.2 Å². The van der Waals surface area contributed by atoms with Crippen molar-refractivity contribution in [2.24, 2.45) is 0 Å². The smallest absolute Gasteiger partial charge is 0.274 e. The van der Waals surface area contributed by atoms with Crippen LogP contribution in [0.2, 0.25) is 0 Å². The van der Waals surface area contributed by atoms with E-state index in [2.05, 4.69) is 4.98 Å². The summed E-state index contributed by atoms with van der Waals surface area (Å²) in [7, 11) is 1.63. The second-order valence-corrected chi connectivity index (χ2v) is 8.44. The number of hydrogen-bond acceptors (Lipinski definition) is 6. The lowest BCUT2D eigenvalue weighted by molar-refractivity contribution is 0.247. The molecule has 6 nitrogen and oxygen atoms in total. The maximum Gasteiger partial charge on any atom is 0.274 e. The van der Waals surface area contributed by atoms with E-state index in [0.29, 0.717) is 22.7 Å². The van der Waals surface area contributed by atoms with Crippen molar-refractivity contribution >= 4 is 33.4 Å². The van der Waals surface area contributed by atoms with Crippen LogP contribution in [0.5, 0.6) is 17.2 Å². The maximum absolute atomic E-state index is 12.9. The summed E-state index contributed by atoms with van der Waals surface area (Å²) in [6.07, 6.45) is 2.65. The van der Waals surface area contributed by atoms with E-state index in [1.807, 2.05) is 78.9 Å². The van der Waals surface area contributed by atoms with Crippen LogP contribution in [0.1, 0.15) is 12.0 Å². The Kier molecular flexibility index (Phi) is 5.95. The zero-order valence-corrected chi connectivity index (χ0v) is 18.9. The quantitative estimate of drug-likeness (QED) is 0.324. The lowest BCUT2D eigenvalue weighted by Crippen LogP contribution is -2.22. The largest absolute Gasteiger partial charge is 0.497 e. The van der Waals surface area contributed by atoms with E-state index in [-0.39, 0.29) is 5.56 Å². The SMILES string of the molecule is COc1cccc(OCCCOc2ccc(C=c3sc4nc5ccccc5n4c3=O)cc2)c1. The second-order valence-electron chi connectivity index (χ2n) is 7.43. The van der Waals surface area contributed by atoms with Crippen molar-refractivity contribution < 1.29 is 14.2 Å². The van der Waals surface area contributed by atoms with Crippen molar-refractivity contribution in [1.29, 1.82) is 0 Å². The molecule has 0 amide bonds. The van der Waals surface area contributed by atoms with E-state index >= 15 is 0 Å². The van der Waals surface area contributed by atoms with Crippen molar-refractivity contribution in [3.63, 3.8) is 0 Å². The van der Waals surface area contributed by atoms with Gasteiger partial charge in [-0.3, -0.25) is 4.79 Å². The molecule has 5 aromatic rings. The van der Waals surface area contributed by atoms with E-state index in [1.165, 1.54) is 11.3 Å². The van der Waals surface area contributed by atoms with Crippen LogP contribution in [-0.2, 0) is 0 Å². The molecule has 0 aliphatic heterocycles. The van der Waals surface area contributed by atoms with Crippen LogP contribution < -0.4 is 24.3 Å². The minimum atomic E-state index is -0.0416. The Hall–Kier alpha value is -3.84. The maximum atomic E-state index is 12.9. The van der Waals surface area contributed by atoms with E-state index < -0.39 is 0 Å². The third-order valence-electron chi connectivity index (χ3n) is 5.19. The fourth-order valence-electron chi connectivity index (χ4n) is 3.55. The Bertz CT molecular complexity index is 1510. The zero-order chi connectivity index (χ0) is 22.6. The number of nitrogens with zero attached hydrogens (tertiary/aromatic N) is 2. The molecule has 7 heteroatoms. The Labute approximate surface area is 194 Å². The molecule has 0 saturated carbocycles. The number of para-hydroxylation sites is 2. The molecule has 0 spiro atoms. The van der Waals surface area contributed by atoms with Crippen LogP contribution in [0, 0.1) is 0 Å². The molecule has 2 heterocycles. The molecular formula is C26H22N2O4S. The van der Waals surface area contributed by atoms with Crippen LogP contribution in [0.3, 0.4) is 0 Å². The molecular weight excluding hydrogens is 436 g/mol. The van der Waals surface area contributed by atoms with Gasteiger partial charge in [0.15, 0.2) is 4.96 Å². The number of imidazole rings is 1. The number of ether oxygens (including phenoxy) is 3. The molecule has 0 radical (unpaired) electrons. The molecule has 0 atom stereocenters. The minimum absolute atomic E-state index is 0.0416. The summed E-state index contributed by atoms with van der Waals surface area (Å²) in [5.41, 5.74) is 2.57. The minimum Gasteiger partial charge on any atom is -0.497 e. The number of thiazole rings is 1. The first-order chi connectivity index (χ1) is 16.2. The van der Waals surface area contributed by atoms with Crippen molar-refractivity contribution in [1.82, 2.24) is 9.38 Å². The first-order valence-electron chi connectivity index (χ1n) is 10.6. The fourth-order valence-corrected chi connectivity index (χ4v) is 4.54. The highest BCUT2D eigenvalue weighted by Gasteiger charge is 2.10. The Morgan fingerprint density at radius 2 is 1.67 bits per heavy atom. The molecule has 2 aromatic heterocycles. The highest BCUT2D eigenvalue weighted by atomic mass is 32.1. The van der Waals surface area contributed by atoms with E-state index in [9.17, 15) is 4.79 Å². The molecule has 5 rings (SSSR count). The van der Waals surface area contributed by atoms with Crippen LogP contribution in [0.15, 0.2) is 77.6 Å². The van der Waals surface area contributed by atoms with Crippen LogP contribution in [0.4, 0.5) is 0 Å². The number of hydrogen-bond donors (Lipinski definition) is 0. The first kappa shape index (κ1) is 21.0. The van der Waals surface area contributed by atoms with Crippen molar-refractivity contribution in [3.05, 3.63) is 93.2 Å². The molecule has 3 aromatic carbocycles. The van der Waals surface area contributed by atoms with Gasteiger partial charge in [-0.05, 0) is 48.0 Å². The number of aromatic nitrogens is 2. The van der Waals surface area contributed by atoms with Crippen molar-refractivity contribution in [2.75, 3.05) is 20.3 Å². The monoisotopic (exact) mass is 458 g/mol. The summed E-state index contributed by atoms with van der Waals surface area (Å²) in [4.78, 5) is 18.1. The topological polar surface area (TPSA) is 62.1 Å². The predicted molar refractivity (Wildman–Crippen MR) is 131 cm³/mol. The van der Waals surface area contributed by atoms with Gasteiger partial charge in [0.2, 0.25) is 0 Å². The summed E-state index contributed by atoms with van der Waals surface area (Å²) in [6.45, 7) is 1.10. The summed E-state index contributed by atoms with van der Waals surface area (Å²) in [6, 6.07) is 22.9. The molecule has 0 aliphatic carbocycles. The van der Waals surface area contributed by atoms with Gasteiger partial charge in [-0.1, -0.05) is 41.7 Å². The van der Waals surface area contributed by atoms with Gasteiger partial charge in [0.05, 0.1) is 35.9 Å². The third kappa shape index (κ3) is 4.54. The molecule has 0 aliphatic rings. The number of benzene rings is 3. The van der Waals surface area contributed by atoms with Crippen molar-refractivity contribution in [2.45, 2.75) is 6.42 Å². The van der Waals surface area contributed by atoms with Gasteiger partial charge in [-0.2, -0.15) is 0 Å². The highest BCUT2D eigenvalue weighted by molar-refractivity contribution is 7.15. The molecule has 0 unspecified atom stereocenters. The van der Waals surface area contributed by atoms with Crippen LogP contribution >= 0.6 is 11.3 Å². The summed E-state index contributed by atoms with van der Waals surface area (Å²) >= 11 is 1.40. The first-order valence-corrected chi connectivity index (χ1v) is 11.4. The van der Waals surface area contributed by atoms with Gasteiger partial charge in [-0.25, -0.2) is 9.38 Å². The van der Waals surface area contributed by atoms with Crippen LogP contribution in [-0.4, -0.2) is 29.7 Å². The second kappa shape index (κ2) is 9.34. The predicted octanol–water partition coefficient (Wildman–Crippen LogP) is 4.31. The molecule has 0 fully saturated rings. The summed E-state index contributed by atoms with van der Waals surface area (Å²) in [5.74, 6) is 2.33. The van der Waals surface area contributed by atoms with E-state index in [4.69, 9.17) is 14.2 Å². The van der Waals surface area contributed by atoms with Gasteiger partial charge in [0.1, 0.15) is 17.2 Å². The van der Waals surface area contributed by atoms with E-state index in [1.54, 1.807) is 11.5 Å². The van der Waals surface area contributed by atoms with Gasteiger partial charge >= 0.3 is 0 Å². The highest BCUT2D eigenvalue weighted by Crippen LogP contribution is 2.19. The standard InChI is InChI=1S/C26H22N2O4S/c1-30-20-6-4-7-21(17-20)32-15-5-14-31-19-12-10-18(11-13-19)16-24-25(29)28-23-9-3-2-8-22(23)27-26(28)33-24/h2-4,6-13,16-17H,5,14-15H2,1H3. The van der Waals surface area contributed by atoms with Gasteiger partial charge in [0, 0.05) is 12.5 Å². The fraction of sp³-hybridized carbons (Fsp3) is 0.154. The number of methoxy groups -OCH3 is 1. The number of rotatable bonds is 8. The van der Waals surface area contributed by atoms with Gasteiger partial charge in [-0.15, -0.1) is 0 Å². The summed E-state index contributed by atoms with van der Waals surface area (Å²) < 4.78 is 19.1. The molecule has 0 saturated heterocycles. The Morgan fingerprint density at radius 3 is 2.48 bits per heavy atom. The molecule has 33 heavy (non-hydrogen) atoms. The average Bonchev–Trinajstić information content (AvgIpc) is 3.36. The summed E-state index contributed by atoms with van der Waals surface area (Å²) in [5, 5.41) is 0. The lowest BCUT2D eigenvalue weighted by Gasteiger charge is -2.09. The Balaban J connectivity index is 1.20. The Morgan fingerprint density at radius 1 is 0.909 bits per heavy atom. The molecule has 0 N–H and O–H groups in total. The number of fused-ring (bicyclic) bond motifs is 3. The average molecular weight is 459 g/mol. The van der Waals surface area contributed by atoms with Crippen LogP contribution in [0.25, 0.3) is 22.1 Å². The molecule has 166 valence electrons. The zero-order valence-electron chi connectivity index (χ0n) is 18.1. The third-order valence-corrected chi connectivity index (χ3v) is 6.16.